The predicted octanol–water partition coefficient (Wildman–Crippen LogP) is 3.24. The third-order valence-corrected chi connectivity index (χ3v) is 5.33. The Kier molecular flexibility index (Phi) is 4.90. The van der Waals surface area contributed by atoms with Gasteiger partial charge in [0.25, 0.3) is 11.8 Å². The van der Waals surface area contributed by atoms with Crippen molar-refractivity contribution in [2.75, 3.05) is 20.2 Å². The van der Waals surface area contributed by atoms with Gasteiger partial charge in [0.2, 0.25) is 0 Å². The summed E-state index contributed by atoms with van der Waals surface area (Å²) >= 11 is 0. The molecule has 0 bridgehead atoms. The van der Waals surface area contributed by atoms with Gasteiger partial charge in [0.15, 0.2) is 0 Å². The van der Waals surface area contributed by atoms with Crippen LogP contribution in [0, 0.1) is 0 Å². The quantitative estimate of drug-likeness (QED) is 0.752. The highest BCUT2D eigenvalue weighted by atomic mass is 16.5. The topological polar surface area (TPSA) is 49.9 Å². The average molecular weight is 376 g/mol. The summed E-state index contributed by atoms with van der Waals surface area (Å²) < 4.78 is 5.64. The van der Waals surface area contributed by atoms with E-state index in [2.05, 4.69) is 19.1 Å². The highest BCUT2D eigenvalue weighted by Gasteiger charge is 2.40. The van der Waals surface area contributed by atoms with Crippen molar-refractivity contribution in [3.05, 3.63) is 70.9 Å². The normalized spacial score (nSPS) is 16.6. The summed E-state index contributed by atoms with van der Waals surface area (Å²) in [7, 11) is 1.55. The van der Waals surface area contributed by atoms with E-state index in [9.17, 15) is 9.59 Å². The second-order valence-electron chi connectivity index (χ2n) is 7.21. The minimum Gasteiger partial charge on any atom is -0.494 e. The van der Waals surface area contributed by atoms with E-state index in [1.54, 1.807) is 7.05 Å². The van der Waals surface area contributed by atoms with E-state index in [-0.39, 0.29) is 11.8 Å². The Labute approximate surface area is 165 Å². The minimum atomic E-state index is -0.249. The molecule has 0 aliphatic carbocycles. The first-order valence-corrected chi connectivity index (χ1v) is 9.71. The van der Waals surface area contributed by atoms with Gasteiger partial charge < -0.3 is 9.64 Å². The number of carbonyl (C=O) groups excluding carboxylic acids is 2. The van der Waals surface area contributed by atoms with E-state index in [0.717, 1.165) is 30.7 Å². The number of rotatable bonds is 5. The van der Waals surface area contributed by atoms with Crippen LogP contribution in [0.4, 0.5) is 0 Å². The number of nitrogens with zero attached hydrogens (tertiary/aromatic N) is 2. The first-order valence-electron chi connectivity index (χ1n) is 9.71. The number of carbonyl (C=O) groups is 2. The van der Waals surface area contributed by atoms with Crippen LogP contribution < -0.4 is 4.74 Å². The number of fused-ring (bicyclic) bond motifs is 1. The Hall–Kier alpha value is -3.08. The van der Waals surface area contributed by atoms with Gasteiger partial charge >= 0.3 is 0 Å². The molecule has 2 heterocycles. The van der Waals surface area contributed by atoms with E-state index in [1.165, 1.54) is 16.0 Å². The molecule has 5 nitrogen and oxygen atoms in total. The molecule has 2 aromatic carbocycles. The van der Waals surface area contributed by atoms with Gasteiger partial charge in [-0.25, -0.2) is 0 Å². The molecule has 2 aromatic rings. The van der Waals surface area contributed by atoms with Crippen molar-refractivity contribution in [3.8, 4) is 5.75 Å². The standard InChI is InChI=1S/C23H24N2O3/c1-3-14-28-19-10-8-17(9-11-19)20-21(23(27)24(2)22(20)26)25-13-12-16-6-4-5-7-18(16)15-25/h4-11H,3,12-15H2,1-2H3. The Morgan fingerprint density at radius 1 is 0.964 bits per heavy atom. The van der Waals surface area contributed by atoms with Crippen molar-refractivity contribution in [2.45, 2.75) is 26.3 Å². The number of ether oxygens (including phenoxy) is 1. The Bertz CT molecular complexity index is 947. The van der Waals surface area contributed by atoms with Gasteiger partial charge in [-0.1, -0.05) is 43.3 Å². The van der Waals surface area contributed by atoms with Crippen LogP contribution in [0.25, 0.3) is 5.57 Å². The summed E-state index contributed by atoms with van der Waals surface area (Å²) in [5.74, 6) is 0.288. The van der Waals surface area contributed by atoms with Crippen LogP contribution in [0.5, 0.6) is 5.75 Å². The largest absolute Gasteiger partial charge is 0.494 e. The summed E-state index contributed by atoms with van der Waals surface area (Å²) in [4.78, 5) is 29.0. The van der Waals surface area contributed by atoms with E-state index in [4.69, 9.17) is 4.74 Å². The molecule has 0 fully saturated rings. The van der Waals surface area contributed by atoms with Crippen molar-refractivity contribution in [1.29, 1.82) is 0 Å². The van der Waals surface area contributed by atoms with Crippen LogP contribution in [0.2, 0.25) is 0 Å². The molecule has 0 saturated carbocycles. The first-order chi connectivity index (χ1) is 13.6. The molecular formula is C23H24N2O3. The van der Waals surface area contributed by atoms with Crippen LogP contribution >= 0.6 is 0 Å². The lowest BCUT2D eigenvalue weighted by Crippen LogP contribution is -2.35. The van der Waals surface area contributed by atoms with Gasteiger partial charge in [-0.15, -0.1) is 0 Å². The van der Waals surface area contributed by atoms with Gasteiger partial charge in [-0.2, -0.15) is 0 Å². The second-order valence-corrected chi connectivity index (χ2v) is 7.21. The lowest BCUT2D eigenvalue weighted by Gasteiger charge is -2.31. The maximum absolute atomic E-state index is 12.9. The maximum Gasteiger partial charge on any atom is 0.277 e. The van der Waals surface area contributed by atoms with E-state index in [0.29, 0.717) is 24.4 Å². The summed E-state index contributed by atoms with van der Waals surface area (Å²) in [6.07, 6.45) is 1.80. The van der Waals surface area contributed by atoms with Crippen LogP contribution in [-0.2, 0) is 22.6 Å². The molecule has 0 radical (unpaired) electrons. The highest BCUT2D eigenvalue weighted by molar-refractivity contribution is 6.35. The molecule has 0 atom stereocenters. The number of hydrogen-bond donors (Lipinski definition) is 0. The highest BCUT2D eigenvalue weighted by Crippen LogP contribution is 2.34. The third-order valence-electron chi connectivity index (χ3n) is 5.33. The molecule has 2 amide bonds. The van der Waals surface area contributed by atoms with E-state index in [1.807, 2.05) is 41.3 Å². The van der Waals surface area contributed by atoms with Gasteiger partial charge in [-0.3, -0.25) is 14.5 Å². The van der Waals surface area contributed by atoms with E-state index < -0.39 is 0 Å². The SMILES string of the molecule is CCCOc1ccc(C2=C(N3CCc4ccccc4C3)C(=O)N(C)C2=O)cc1. The van der Waals surface area contributed by atoms with Crippen LogP contribution in [0.15, 0.2) is 54.2 Å². The molecule has 2 aliphatic heterocycles. The van der Waals surface area contributed by atoms with Gasteiger partial charge in [0, 0.05) is 20.1 Å². The van der Waals surface area contributed by atoms with Crippen molar-refractivity contribution < 1.29 is 14.3 Å². The predicted molar refractivity (Wildman–Crippen MR) is 107 cm³/mol. The van der Waals surface area contributed by atoms with Crippen LogP contribution in [0.1, 0.15) is 30.0 Å². The van der Waals surface area contributed by atoms with Crippen molar-refractivity contribution >= 4 is 17.4 Å². The molecule has 28 heavy (non-hydrogen) atoms. The molecule has 5 heteroatoms. The van der Waals surface area contributed by atoms with Crippen LogP contribution in [0.3, 0.4) is 0 Å². The first kappa shape index (κ1) is 18.3. The van der Waals surface area contributed by atoms with E-state index >= 15 is 0 Å². The van der Waals surface area contributed by atoms with Gasteiger partial charge in [0.05, 0.1) is 12.2 Å². The lowest BCUT2D eigenvalue weighted by atomic mass is 9.98. The number of amides is 2. The summed E-state index contributed by atoms with van der Waals surface area (Å²) in [5, 5.41) is 0. The minimum absolute atomic E-state index is 0.231. The molecule has 144 valence electrons. The molecule has 0 unspecified atom stereocenters. The zero-order valence-electron chi connectivity index (χ0n) is 16.3. The zero-order chi connectivity index (χ0) is 19.7. The zero-order valence-corrected chi connectivity index (χ0v) is 16.3. The van der Waals surface area contributed by atoms with Gasteiger partial charge in [-0.05, 0) is 41.7 Å². The number of imide groups is 1. The lowest BCUT2D eigenvalue weighted by molar-refractivity contribution is -0.136. The Morgan fingerprint density at radius 3 is 2.39 bits per heavy atom. The fourth-order valence-corrected chi connectivity index (χ4v) is 3.80. The Balaban J connectivity index is 1.70. The fourth-order valence-electron chi connectivity index (χ4n) is 3.80. The molecular weight excluding hydrogens is 352 g/mol. The third kappa shape index (κ3) is 3.17. The smallest absolute Gasteiger partial charge is 0.277 e. The maximum atomic E-state index is 12.9. The monoisotopic (exact) mass is 376 g/mol. The summed E-state index contributed by atoms with van der Waals surface area (Å²) in [5.41, 5.74) is 4.25. The molecule has 0 aromatic heterocycles. The molecule has 2 aliphatic rings. The van der Waals surface area contributed by atoms with Crippen LogP contribution in [-0.4, -0.2) is 41.8 Å². The molecule has 4 rings (SSSR count). The van der Waals surface area contributed by atoms with Crippen molar-refractivity contribution in [2.24, 2.45) is 0 Å². The summed E-state index contributed by atoms with van der Waals surface area (Å²) in [6, 6.07) is 15.7. The summed E-state index contributed by atoms with van der Waals surface area (Å²) in [6.45, 7) is 4.07. The number of hydrogen-bond acceptors (Lipinski definition) is 4. The number of benzene rings is 2. The Morgan fingerprint density at radius 2 is 1.68 bits per heavy atom. The second kappa shape index (κ2) is 7.50. The van der Waals surface area contributed by atoms with Crippen molar-refractivity contribution in [3.63, 3.8) is 0 Å². The fraction of sp³-hybridized carbons (Fsp3) is 0.304. The molecule has 0 N–H and O–H groups in total. The number of likely N-dealkylation sites (N-methyl/N-ethyl adjacent to an activating group) is 1. The molecule has 0 spiro atoms. The average Bonchev–Trinajstić information content (AvgIpc) is 2.96. The van der Waals surface area contributed by atoms with Gasteiger partial charge in [0.1, 0.15) is 11.4 Å². The molecule has 0 saturated heterocycles. The van der Waals surface area contributed by atoms with Crippen molar-refractivity contribution in [1.82, 2.24) is 9.80 Å².